The number of fused-ring (bicyclic) bond motifs is 1. The molecule has 152 valence electrons. The van der Waals surface area contributed by atoms with Crippen LogP contribution < -0.4 is 10.6 Å². The number of carbonyl (C=O) groups excluding carboxylic acids is 2. The number of halogens is 2. The van der Waals surface area contributed by atoms with Crippen molar-refractivity contribution in [1.29, 1.82) is 0 Å². The van der Waals surface area contributed by atoms with Crippen LogP contribution in [-0.2, 0) is 11.2 Å². The standard InChI is InChI=1S/C22H23ClFN3O2/c23-18-5-2-6-19(24)21(18)22(29)27-12-15-10-26(11-16(15)13-27)17-4-1-3-14(9-17)7-8-20(25)28/h1-6,9,15-16H,7-8,10-13H2,(H2,25,28). The van der Waals surface area contributed by atoms with Gasteiger partial charge in [-0.2, -0.15) is 0 Å². The van der Waals surface area contributed by atoms with Crippen LogP contribution in [0.25, 0.3) is 0 Å². The van der Waals surface area contributed by atoms with E-state index in [0.29, 0.717) is 37.8 Å². The lowest BCUT2D eigenvalue weighted by Gasteiger charge is -2.24. The molecule has 0 aromatic heterocycles. The molecule has 0 spiro atoms. The van der Waals surface area contributed by atoms with E-state index in [1.54, 1.807) is 11.0 Å². The monoisotopic (exact) mass is 415 g/mol. The molecule has 0 bridgehead atoms. The van der Waals surface area contributed by atoms with Gasteiger partial charge >= 0.3 is 0 Å². The molecule has 4 rings (SSSR count). The zero-order chi connectivity index (χ0) is 20.5. The summed E-state index contributed by atoms with van der Waals surface area (Å²) in [4.78, 5) is 27.9. The van der Waals surface area contributed by atoms with E-state index in [1.807, 2.05) is 12.1 Å². The molecule has 2 N–H and O–H groups in total. The number of primary amides is 1. The molecule has 2 aliphatic heterocycles. The number of hydrogen-bond donors (Lipinski definition) is 1. The summed E-state index contributed by atoms with van der Waals surface area (Å²) in [5, 5.41) is 0.154. The van der Waals surface area contributed by atoms with Gasteiger partial charge in [0.2, 0.25) is 5.91 Å². The summed E-state index contributed by atoms with van der Waals surface area (Å²) < 4.78 is 14.1. The Kier molecular flexibility index (Phi) is 5.46. The minimum atomic E-state index is -0.575. The number of rotatable bonds is 5. The lowest BCUT2D eigenvalue weighted by atomic mass is 10.0. The fourth-order valence-electron chi connectivity index (χ4n) is 4.41. The number of likely N-dealkylation sites (tertiary alicyclic amines) is 1. The predicted molar refractivity (Wildman–Crippen MR) is 110 cm³/mol. The summed E-state index contributed by atoms with van der Waals surface area (Å²) in [7, 11) is 0. The molecule has 0 saturated carbocycles. The molecule has 0 aliphatic carbocycles. The summed E-state index contributed by atoms with van der Waals surface area (Å²) in [6.45, 7) is 2.90. The number of carbonyl (C=O) groups is 2. The van der Waals surface area contributed by atoms with Crippen molar-refractivity contribution < 1.29 is 14.0 Å². The molecule has 2 fully saturated rings. The average molecular weight is 416 g/mol. The number of nitrogens with zero attached hydrogens (tertiary/aromatic N) is 2. The van der Waals surface area contributed by atoms with Crippen LogP contribution in [0.1, 0.15) is 22.3 Å². The first-order valence-electron chi connectivity index (χ1n) is 9.78. The van der Waals surface area contributed by atoms with E-state index < -0.39 is 5.82 Å². The van der Waals surface area contributed by atoms with Gasteiger partial charge in [0.1, 0.15) is 5.82 Å². The van der Waals surface area contributed by atoms with Gasteiger partial charge in [-0.05, 0) is 36.2 Å². The summed E-state index contributed by atoms with van der Waals surface area (Å²) in [5.74, 6) is -0.514. The highest BCUT2D eigenvalue weighted by Gasteiger charge is 2.42. The van der Waals surface area contributed by atoms with E-state index in [9.17, 15) is 14.0 Å². The van der Waals surface area contributed by atoms with E-state index in [2.05, 4.69) is 17.0 Å². The van der Waals surface area contributed by atoms with Gasteiger partial charge in [0.15, 0.2) is 0 Å². The topological polar surface area (TPSA) is 66.6 Å². The summed E-state index contributed by atoms with van der Waals surface area (Å²) in [6.07, 6.45) is 0.972. The molecule has 2 aromatic rings. The van der Waals surface area contributed by atoms with E-state index >= 15 is 0 Å². The number of amides is 2. The van der Waals surface area contributed by atoms with Crippen molar-refractivity contribution in [3.05, 3.63) is 64.4 Å². The second-order valence-corrected chi connectivity index (χ2v) is 8.28. The Hall–Kier alpha value is -2.60. The third kappa shape index (κ3) is 4.08. The smallest absolute Gasteiger partial charge is 0.258 e. The molecule has 0 radical (unpaired) electrons. The van der Waals surface area contributed by atoms with Crippen LogP contribution in [0.5, 0.6) is 0 Å². The maximum Gasteiger partial charge on any atom is 0.258 e. The zero-order valence-corrected chi connectivity index (χ0v) is 16.7. The number of anilines is 1. The normalized spacial score (nSPS) is 20.8. The van der Waals surface area contributed by atoms with Gasteiger partial charge in [-0.1, -0.05) is 29.8 Å². The first-order chi connectivity index (χ1) is 13.9. The quantitative estimate of drug-likeness (QED) is 0.816. The maximum atomic E-state index is 14.1. The first-order valence-corrected chi connectivity index (χ1v) is 10.2. The molecule has 2 unspecified atom stereocenters. The molecular formula is C22H23ClFN3O2. The number of benzene rings is 2. The summed E-state index contributed by atoms with van der Waals surface area (Å²) in [5.41, 5.74) is 7.42. The maximum absolute atomic E-state index is 14.1. The van der Waals surface area contributed by atoms with Crippen LogP contribution >= 0.6 is 11.6 Å². The van der Waals surface area contributed by atoms with Gasteiger partial charge in [-0.25, -0.2) is 4.39 Å². The second kappa shape index (κ2) is 8.03. The van der Waals surface area contributed by atoms with Crippen molar-refractivity contribution in [1.82, 2.24) is 4.90 Å². The number of aryl methyl sites for hydroxylation is 1. The van der Waals surface area contributed by atoms with Gasteiger partial charge in [-0.3, -0.25) is 9.59 Å². The molecule has 5 nitrogen and oxygen atoms in total. The summed E-state index contributed by atoms with van der Waals surface area (Å²) in [6, 6.07) is 12.5. The third-order valence-corrected chi connectivity index (χ3v) is 6.20. The van der Waals surface area contributed by atoms with Crippen molar-refractivity contribution in [2.75, 3.05) is 31.1 Å². The van der Waals surface area contributed by atoms with Gasteiger partial charge in [0.25, 0.3) is 5.91 Å². The molecule has 2 saturated heterocycles. The molecule has 7 heteroatoms. The highest BCUT2D eigenvalue weighted by Crippen LogP contribution is 2.35. The van der Waals surface area contributed by atoms with E-state index in [-0.39, 0.29) is 22.4 Å². The SMILES string of the molecule is NC(=O)CCc1cccc(N2CC3CN(C(=O)c4c(F)cccc4Cl)CC3C2)c1. The minimum Gasteiger partial charge on any atom is -0.371 e. The third-order valence-electron chi connectivity index (χ3n) is 5.89. The molecule has 2 amide bonds. The molecule has 2 heterocycles. The molecular weight excluding hydrogens is 393 g/mol. The van der Waals surface area contributed by atoms with Gasteiger partial charge in [0.05, 0.1) is 10.6 Å². The average Bonchev–Trinajstić information content (AvgIpc) is 3.25. The molecule has 2 atom stereocenters. The van der Waals surface area contributed by atoms with Crippen molar-refractivity contribution >= 4 is 29.1 Å². The first kappa shape index (κ1) is 19.7. The Labute approximate surface area is 174 Å². The largest absolute Gasteiger partial charge is 0.371 e. The van der Waals surface area contributed by atoms with Crippen molar-refractivity contribution in [3.63, 3.8) is 0 Å². The van der Waals surface area contributed by atoms with Crippen molar-refractivity contribution in [3.8, 4) is 0 Å². The van der Waals surface area contributed by atoms with Crippen LogP contribution in [0, 0.1) is 17.7 Å². The van der Waals surface area contributed by atoms with Crippen LogP contribution in [0.3, 0.4) is 0 Å². The van der Waals surface area contributed by atoms with Crippen molar-refractivity contribution in [2.45, 2.75) is 12.8 Å². The molecule has 29 heavy (non-hydrogen) atoms. The lowest BCUT2D eigenvalue weighted by molar-refractivity contribution is -0.117. The van der Waals surface area contributed by atoms with E-state index in [0.717, 1.165) is 24.3 Å². The Balaban J connectivity index is 1.41. The van der Waals surface area contributed by atoms with Gasteiger partial charge < -0.3 is 15.5 Å². The zero-order valence-electron chi connectivity index (χ0n) is 16.0. The van der Waals surface area contributed by atoms with Crippen LogP contribution in [0.4, 0.5) is 10.1 Å². The van der Waals surface area contributed by atoms with Crippen LogP contribution in [0.15, 0.2) is 42.5 Å². The van der Waals surface area contributed by atoms with E-state index in [1.165, 1.54) is 12.1 Å². The Morgan fingerprint density at radius 3 is 2.41 bits per heavy atom. The number of nitrogens with two attached hydrogens (primary N) is 1. The van der Waals surface area contributed by atoms with Crippen LogP contribution in [-0.4, -0.2) is 42.9 Å². The van der Waals surface area contributed by atoms with Gasteiger partial charge in [0, 0.05) is 50.1 Å². The Morgan fingerprint density at radius 2 is 1.76 bits per heavy atom. The second-order valence-electron chi connectivity index (χ2n) is 7.87. The summed E-state index contributed by atoms with van der Waals surface area (Å²) >= 11 is 6.06. The minimum absolute atomic E-state index is 0.0341. The predicted octanol–water partition coefficient (Wildman–Crippen LogP) is 3.11. The molecule has 2 aliphatic rings. The van der Waals surface area contributed by atoms with Crippen molar-refractivity contribution in [2.24, 2.45) is 17.6 Å². The lowest BCUT2D eigenvalue weighted by Crippen LogP contribution is -2.34. The highest BCUT2D eigenvalue weighted by atomic mass is 35.5. The Morgan fingerprint density at radius 1 is 1.07 bits per heavy atom. The molecule has 2 aromatic carbocycles. The number of hydrogen-bond acceptors (Lipinski definition) is 3. The Bertz CT molecular complexity index is 917. The van der Waals surface area contributed by atoms with E-state index in [4.69, 9.17) is 17.3 Å². The van der Waals surface area contributed by atoms with Gasteiger partial charge in [-0.15, -0.1) is 0 Å². The van der Waals surface area contributed by atoms with Crippen LogP contribution in [0.2, 0.25) is 5.02 Å². The fourth-order valence-corrected chi connectivity index (χ4v) is 4.65. The highest BCUT2D eigenvalue weighted by molar-refractivity contribution is 6.33. The fraction of sp³-hybridized carbons (Fsp3) is 0.364.